The van der Waals surface area contributed by atoms with Crippen molar-refractivity contribution in [2.24, 2.45) is 16.6 Å². The molecular weight excluding hydrogens is 478 g/mol. The number of fused-ring (bicyclic) bond motifs is 1. The molecule has 0 amide bonds. The average molecular weight is 515 g/mol. The Hall–Kier alpha value is -2.49. The van der Waals surface area contributed by atoms with Gasteiger partial charge in [-0.3, -0.25) is 9.89 Å². The fourth-order valence-electron chi connectivity index (χ4n) is 4.95. The smallest absolute Gasteiger partial charge is 0.163 e. The lowest BCUT2D eigenvalue weighted by molar-refractivity contribution is 0.105. The lowest BCUT2D eigenvalue weighted by Gasteiger charge is -2.37. The Morgan fingerprint density at radius 1 is 1.19 bits per heavy atom. The minimum absolute atomic E-state index is 0.196. The van der Waals surface area contributed by atoms with Crippen LogP contribution in [0.2, 0.25) is 0 Å². The van der Waals surface area contributed by atoms with Gasteiger partial charge >= 0.3 is 0 Å². The number of thiocarbonyl (C=S) groups is 1. The molecule has 1 fully saturated rings. The number of nitrogens with two attached hydrogens (primary N) is 1. The van der Waals surface area contributed by atoms with Crippen molar-refractivity contribution in [3.05, 3.63) is 42.2 Å². The molecule has 36 heavy (non-hydrogen) atoms. The zero-order valence-electron chi connectivity index (χ0n) is 21.1. The van der Waals surface area contributed by atoms with E-state index >= 15 is 4.39 Å². The summed E-state index contributed by atoms with van der Waals surface area (Å²) >= 11 is 5.51. The summed E-state index contributed by atoms with van der Waals surface area (Å²) in [7, 11) is 0. The van der Waals surface area contributed by atoms with E-state index in [0.717, 1.165) is 40.7 Å². The molecule has 3 heterocycles. The first-order chi connectivity index (χ1) is 17.3. The van der Waals surface area contributed by atoms with Gasteiger partial charge in [0, 0.05) is 75.5 Å². The summed E-state index contributed by atoms with van der Waals surface area (Å²) in [5.41, 5.74) is 7.09. The van der Waals surface area contributed by atoms with Gasteiger partial charge in [-0.05, 0) is 29.0 Å². The standard InChI is InChI=1S/C27H36F2N6S/c1-19(2)17-34-9-5-27(29,6-10-34)26(36)33-25-14-22-13-20(3-4-21(22)16-32-25)23(15-30)24-18-35(11-7-28)12-8-31-24/h3-4,13-16,19H,5-12,17-18,30H2,1-2H3,(H,32,33,36). The van der Waals surface area contributed by atoms with Gasteiger partial charge in [0.15, 0.2) is 5.67 Å². The van der Waals surface area contributed by atoms with Crippen molar-refractivity contribution in [1.29, 1.82) is 0 Å². The molecule has 0 aliphatic carbocycles. The zero-order chi connectivity index (χ0) is 25.7. The highest BCUT2D eigenvalue weighted by atomic mass is 32.1. The average Bonchev–Trinajstić information content (AvgIpc) is 2.86. The fraction of sp³-hybridized carbons (Fsp3) is 0.519. The minimum Gasteiger partial charge on any atom is -0.404 e. The third-order valence-corrected chi connectivity index (χ3v) is 7.39. The van der Waals surface area contributed by atoms with Gasteiger partial charge in [-0.2, -0.15) is 0 Å². The molecule has 4 rings (SSSR count). The molecule has 1 aromatic heterocycles. The van der Waals surface area contributed by atoms with Gasteiger partial charge in [-0.15, -0.1) is 0 Å². The SMILES string of the molecule is CC(C)CN1CCC(F)(C(=S)Nc2cc3cc(C(=CN)C4=NCCN(CCF)C4)ccc3cn2)CC1. The van der Waals surface area contributed by atoms with Crippen LogP contribution in [0.5, 0.6) is 0 Å². The molecule has 9 heteroatoms. The number of hydrogen-bond donors (Lipinski definition) is 2. The van der Waals surface area contributed by atoms with E-state index in [1.165, 1.54) is 0 Å². The van der Waals surface area contributed by atoms with Gasteiger partial charge in [-0.1, -0.05) is 38.2 Å². The van der Waals surface area contributed by atoms with Crippen LogP contribution in [0.25, 0.3) is 16.3 Å². The van der Waals surface area contributed by atoms with E-state index in [9.17, 15) is 4.39 Å². The Morgan fingerprint density at radius 2 is 1.97 bits per heavy atom. The third kappa shape index (κ3) is 6.25. The number of benzene rings is 1. The second kappa shape index (κ2) is 11.7. The van der Waals surface area contributed by atoms with Gasteiger partial charge in [-0.25, -0.2) is 13.8 Å². The molecular formula is C27H36F2N6S. The van der Waals surface area contributed by atoms with E-state index in [0.29, 0.717) is 57.3 Å². The molecule has 0 bridgehead atoms. The van der Waals surface area contributed by atoms with Crippen LogP contribution >= 0.6 is 12.2 Å². The third-order valence-electron chi connectivity index (χ3n) is 6.92. The van der Waals surface area contributed by atoms with Gasteiger partial charge in [0.25, 0.3) is 0 Å². The zero-order valence-corrected chi connectivity index (χ0v) is 22.0. The monoisotopic (exact) mass is 514 g/mol. The molecule has 0 unspecified atom stereocenters. The number of nitrogens with one attached hydrogen (secondary N) is 1. The van der Waals surface area contributed by atoms with Gasteiger partial charge in [0.1, 0.15) is 17.5 Å². The number of anilines is 1. The first-order valence-corrected chi connectivity index (χ1v) is 13.1. The van der Waals surface area contributed by atoms with Crippen molar-refractivity contribution in [1.82, 2.24) is 14.8 Å². The van der Waals surface area contributed by atoms with Crippen LogP contribution in [0.1, 0.15) is 32.3 Å². The number of piperidine rings is 1. The molecule has 0 saturated carbocycles. The highest BCUT2D eigenvalue weighted by Gasteiger charge is 2.39. The van der Waals surface area contributed by atoms with Crippen molar-refractivity contribution < 1.29 is 8.78 Å². The topological polar surface area (TPSA) is 69.8 Å². The molecule has 3 N–H and O–H groups in total. The lowest BCUT2D eigenvalue weighted by atomic mass is 9.92. The van der Waals surface area contributed by atoms with Crippen molar-refractivity contribution in [3.63, 3.8) is 0 Å². The van der Waals surface area contributed by atoms with E-state index in [1.54, 1.807) is 12.4 Å². The molecule has 1 saturated heterocycles. The fourth-order valence-corrected chi connectivity index (χ4v) is 5.25. The number of likely N-dealkylation sites (tertiary alicyclic amines) is 1. The lowest BCUT2D eigenvalue weighted by Crippen LogP contribution is -2.48. The second-order valence-electron chi connectivity index (χ2n) is 10.1. The van der Waals surface area contributed by atoms with Gasteiger partial charge < -0.3 is 16.0 Å². The summed E-state index contributed by atoms with van der Waals surface area (Å²) in [6, 6.07) is 7.87. The van der Waals surface area contributed by atoms with Gasteiger partial charge in [0.2, 0.25) is 0 Å². The Bertz CT molecular complexity index is 1140. The van der Waals surface area contributed by atoms with E-state index in [4.69, 9.17) is 18.0 Å². The van der Waals surface area contributed by atoms with Crippen LogP contribution in [0.15, 0.2) is 41.7 Å². The van der Waals surface area contributed by atoms with Crippen LogP contribution in [0.4, 0.5) is 14.6 Å². The van der Waals surface area contributed by atoms with Crippen LogP contribution in [-0.2, 0) is 0 Å². The number of aromatic nitrogens is 1. The van der Waals surface area contributed by atoms with E-state index in [2.05, 4.69) is 34.0 Å². The number of rotatable bonds is 8. The number of hydrogen-bond acceptors (Lipinski definition) is 6. The summed E-state index contributed by atoms with van der Waals surface area (Å²) in [5, 5.41) is 4.95. The Balaban J connectivity index is 1.48. The van der Waals surface area contributed by atoms with E-state index in [-0.39, 0.29) is 11.7 Å². The van der Waals surface area contributed by atoms with Crippen LogP contribution in [0.3, 0.4) is 0 Å². The predicted octanol–water partition coefficient (Wildman–Crippen LogP) is 4.46. The molecule has 2 aliphatic rings. The summed E-state index contributed by atoms with van der Waals surface area (Å²) in [4.78, 5) is 13.6. The minimum atomic E-state index is -1.53. The Morgan fingerprint density at radius 3 is 2.67 bits per heavy atom. The number of nitrogens with zero attached hydrogens (tertiary/aromatic N) is 4. The van der Waals surface area contributed by atoms with Crippen molar-refractivity contribution in [2.45, 2.75) is 32.4 Å². The van der Waals surface area contributed by atoms with Gasteiger partial charge in [0.05, 0.1) is 12.3 Å². The van der Waals surface area contributed by atoms with E-state index in [1.807, 2.05) is 29.2 Å². The maximum absolute atomic E-state index is 15.7. The van der Waals surface area contributed by atoms with Crippen LogP contribution < -0.4 is 11.1 Å². The summed E-state index contributed by atoms with van der Waals surface area (Å²) < 4.78 is 28.5. The highest BCUT2D eigenvalue weighted by molar-refractivity contribution is 7.80. The summed E-state index contributed by atoms with van der Waals surface area (Å²) in [6.45, 7) is 8.67. The molecule has 1 aromatic carbocycles. The molecule has 0 radical (unpaired) electrons. The largest absolute Gasteiger partial charge is 0.404 e. The van der Waals surface area contributed by atoms with Crippen molar-refractivity contribution in [2.75, 3.05) is 57.8 Å². The molecule has 2 aromatic rings. The second-order valence-corrected chi connectivity index (χ2v) is 10.5. The van der Waals surface area contributed by atoms with Crippen molar-refractivity contribution in [3.8, 4) is 0 Å². The van der Waals surface area contributed by atoms with Crippen LogP contribution in [0, 0.1) is 5.92 Å². The Kier molecular flexibility index (Phi) is 8.64. The Labute approximate surface area is 217 Å². The molecule has 2 aliphatic heterocycles. The summed E-state index contributed by atoms with van der Waals surface area (Å²) in [5.74, 6) is 1.08. The van der Waals surface area contributed by atoms with Crippen LogP contribution in [-0.4, -0.2) is 83.6 Å². The highest BCUT2D eigenvalue weighted by Crippen LogP contribution is 2.30. The molecule has 0 atom stereocenters. The predicted molar refractivity (Wildman–Crippen MR) is 149 cm³/mol. The maximum Gasteiger partial charge on any atom is 0.163 e. The van der Waals surface area contributed by atoms with Crippen molar-refractivity contribution >= 4 is 45.1 Å². The number of alkyl halides is 2. The normalized spacial score (nSPS) is 19.5. The number of pyridine rings is 1. The number of halogens is 2. The molecule has 194 valence electrons. The quantitative estimate of drug-likeness (QED) is 0.507. The maximum atomic E-state index is 15.7. The first kappa shape index (κ1) is 26.6. The number of aliphatic imine (C=N–C) groups is 1. The first-order valence-electron chi connectivity index (χ1n) is 12.7. The molecule has 6 nitrogen and oxygen atoms in total. The summed E-state index contributed by atoms with van der Waals surface area (Å²) in [6.07, 6.45) is 4.09. The van der Waals surface area contributed by atoms with E-state index < -0.39 is 5.67 Å². The molecule has 0 spiro atoms.